The van der Waals surface area contributed by atoms with Crippen LogP contribution in [0.4, 0.5) is 0 Å². The molecule has 21 heavy (non-hydrogen) atoms. The van der Waals surface area contributed by atoms with E-state index < -0.39 is 0 Å². The summed E-state index contributed by atoms with van der Waals surface area (Å²) in [7, 11) is 0. The molecule has 0 aromatic carbocycles. The van der Waals surface area contributed by atoms with Crippen LogP contribution >= 0.6 is 0 Å². The first-order valence-electron chi connectivity index (χ1n) is 8.98. The van der Waals surface area contributed by atoms with Gasteiger partial charge >= 0.3 is 0 Å². The zero-order valence-electron chi connectivity index (χ0n) is 14.1. The Hall–Kier alpha value is -0.830. The van der Waals surface area contributed by atoms with Crippen LogP contribution in [0.25, 0.3) is 0 Å². The van der Waals surface area contributed by atoms with E-state index >= 15 is 0 Å². The van der Waals surface area contributed by atoms with E-state index in [9.17, 15) is 0 Å². The van der Waals surface area contributed by atoms with Gasteiger partial charge in [-0.15, -0.1) is 0 Å². The lowest BCUT2D eigenvalue weighted by molar-refractivity contribution is 0.369. The van der Waals surface area contributed by atoms with Gasteiger partial charge < -0.3 is 5.32 Å². The third-order valence-electron chi connectivity index (χ3n) is 4.77. The van der Waals surface area contributed by atoms with Gasteiger partial charge in [0.05, 0.1) is 11.7 Å². The average Bonchev–Trinajstić information content (AvgIpc) is 3.12. The molecule has 2 rings (SSSR count). The Morgan fingerprint density at radius 2 is 2.10 bits per heavy atom. The molecule has 1 fully saturated rings. The van der Waals surface area contributed by atoms with Crippen molar-refractivity contribution < 1.29 is 0 Å². The molecule has 1 heterocycles. The van der Waals surface area contributed by atoms with Crippen LogP contribution in [0.2, 0.25) is 0 Å². The number of aromatic nitrogens is 2. The number of nitrogens with zero attached hydrogens (tertiary/aromatic N) is 2. The van der Waals surface area contributed by atoms with Gasteiger partial charge in [0.2, 0.25) is 0 Å². The minimum Gasteiger partial charge on any atom is -0.314 e. The van der Waals surface area contributed by atoms with Crippen LogP contribution in [0.1, 0.15) is 77.5 Å². The first kappa shape index (κ1) is 16.5. The standard InChI is InChI=1S/C18H33N3/c1-4-13-19-18(15(2)3)11-7-8-16-12-14-21(20-16)17-9-5-6-10-17/h12,14-15,17-19H,4-11,13H2,1-3H3. The minimum absolute atomic E-state index is 0.655. The smallest absolute Gasteiger partial charge is 0.0624 e. The van der Waals surface area contributed by atoms with E-state index in [2.05, 4.69) is 43.0 Å². The Morgan fingerprint density at radius 1 is 1.33 bits per heavy atom. The van der Waals surface area contributed by atoms with E-state index in [1.54, 1.807) is 0 Å². The van der Waals surface area contributed by atoms with Crippen molar-refractivity contribution in [3.8, 4) is 0 Å². The Bertz CT molecular complexity index is 391. The third-order valence-corrected chi connectivity index (χ3v) is 4.77. The summed E-state index contributed by atoms with van der Waals surface area (Å²) in [5, 5.41) is 8.47. The molecule has 0 amide bonds. The van der Waals surface area contributed by atoms with Gasteiger partial charge in [-0.25, -0.2) is 0 Å². The number of aryl methyl sites for hydroxylation is 1. The molecule has 0 radical (unpaired) electrons. The van der Waals surface area contributed by atoms with Gasteiger partial charge in [-0.3, -0.25) is 4.68 Å². The number of hydrogen-bond donors (Lipinski definition) is 1. The van der Waals surface area contributed by atoms with Crippen LogP contribution in [-0.2, 0) is 6.42 Å². The van der Waals surface area contributed by atoms with Crippen molar-refractivity contribution in [1.29, 1.82) is 0 Å². The highest BCUT2D eigenvalue weighted by molar-refractivity contribution is 5.00. The summed E-state index contributed by atoms with van der Waals surface area (Å²) in [6, 6.07) is 3.55. The minimum atomic E-state index is 0.655. The lowest BCUT2D eigenvalue weighted by Gasteiger charge is -2.22. The first-order valence-corrected chi connectivity index (χ1v) is 8.98. The van der Waals surface area contributed by atoms with Gasteiger partial charge in [-0.05, 0) is 57.1 Å². The highest BCUT2D eigenvalue weighted by Gasteiger charge is 2.17. The average molecular weight is 291 g/mol. The van der Waals surface area contributed by atoms with E-state index in [1.165, 1.54) is 50.6 Å². The molecule has 0 bridgehead atoms. The molecule has 1 unspecified atom stereocenters. The summed E-state index contributed by atoms with van der Waals surface area (Å²) in [5.74, 6) is 0.715. The van der Waals surface area contributed by atoms with Crippen molar-refractivity contribution >= 4 is 0 Å². The molecule has 1 aliphatic carbocycles. The van der Waals surface area contributed by atoms with Crippen LogP contribution in [-0.4, -0.2) is 22.4 Å². The lowest BCUT2D eigenvalue weighted by Crippen LogP contribution is -2.34. The topological polar surface area (TPSA) is 29.9 Å². The molecule has 1 aromatic heterocycles. The summed E-state index contributed by atoms with van der Waals surface area (Å²) >= 11 is 0. The van der Waals surface area contributed by atoms with Gasteiger partial charge in [-0.2, -0.15) is 5.10 Å². The van der Waals surface area contributed by atoms with Crippen LogP contribution in [0.5, 0.6) is 0 Å². The predicted molar refractivity (Wildman–Crippen MR) is 89.6 cm³/mol. The van der Waals surface area contributed by atoms with Crippen molar-refractivity contribution in [2.24, 2.45) is 5.92 Å². The van der Waals surface area contributed by atoms with Crippen molar-refractivity contribution in [2.75, 3.05) is 6.54 Å². The molecule has 3 heteroatoms. The normalized spacial score (nSPS) is 17.7. The van der Waals surface area contributed by atoms with E-state index in [1.807, 2.05) is 0 Å². The lowest BCUT2D eigenvalue weighted by atomic mass is 9.98. The fraction of sp³-hybridized carbons (Fsp3) is 0.833. The van der Waals surface area contributed by atoms with Gasteiger partial charge in [0, 0.05) is 12.2 Å². The second kappa shape index (κ2) is 8.57. The molecular weight excluding hydrogens is 258 g/mol. The fourth-order valence-corrected chi connectivity index (χ4v) is 3.39. The Kier molecular flexibility index (Phi) is 6.75. The molecule has 1 aromatic rings. The van der Waals surface area contributed by atoms with E-state index in [-0.39, 0.29) is 0 Å². The zero-order chi connectivity index (χ0) is 15.1. The Morgan fingerprint density at radius 3 is 2.76 bits per heavy atom. The monoisotopic (exact) mass is 291 g/mol. The van der Waals surface area contributed by atoms with E-state index in [0.29, 0.717) is 18.0 Å². The molecule has 0 aliphatic heterocycles. The highest BCUT2D eigenvalue weighted by atomic mass is 15.3. The maximum Gasteiger partial charge on any atom is 0.0624 e. The molecule has 1 N–H and O–H groups in total. The summed E-state index contributed by atoms with van der Waals surface area (Å²) in [5.41, 5.74) is 1.28. The molecule has 3 nitrogen and oxygen atoms in total. The van der Waals surface area contributed by atoms with Crippen LogP contribution in [0, 0.1) is 5.92 Å². The highest BCUT2D eigenvalue weighted by Crippen LogP contribution is 2.28. The van der Waals surface area contributed by atoms with Crippen molar-refractivity contribution in [3.63, 3.8) is 0 Å². The van der Waals surface area contributed by atoms with Crippen molar-refractivity contribution in [2.45, 2.75) is 84.2 Å². The van der Waals surface area contributed by atoms with Gasteiger partial charge in [0.25, 0.3) is 0 Å². The summed E-state index contributed by atoms with van der Waals surface area (Å²) in [6.45, 7) is 8.02. The first-order chi connectivity index (χ1) is 10.2. The number of rotatable bonds is 9. The second-order valence-electron chi connectivity index (χ2n) is 6.92. The van der Waals surface area contributed by atoms with Crippen molar-refractivity contribution in [1.82, 2.24) is 15.1 Å². The Labute approximate surface area is 130 Å². The predicted octanol–water partition coefficient (Wildman–Crippen LogP) is 4.35. The summed E-state index contributed by atoms with van der Waals surface area (Å²) in [6.07, 6.45) is 12.4. The molecule has 1 aliphatic rings. The number of hydrogen-bond acceptors (Lipinski definition) is 2. The van der Waals surface area contributed by atoms with Gasteiger partial charge in [0.1, 0.15) is 0 Å². The summed E-state index contributed by atoms with van der Waals surface area (Å²) < 4.78 is 2.22. The maximum absolute atomic E-state index is 4.79. The molecule has 1 saturated carbocycles. The van der Waals surface area contributed by atoms with Crippen LogP contribution < -0.4 is 5.32 Å². The quantitative estimate of drug-likeness (QED) is 0.733. The maximum atomic E-state index is 4.79. The van der Waals surface area contributed by atoms with Gasteiger partial charge in [-0.1, -0.05) is 33.6 Å². The van der Waals surface area contributed by atoms with Crippen molar-refractivity contribution in [3.05, 3.63) is 18.0 Å². The SMILES string of the molecule is CCCNC(CCCc1ccn(C2CCCC2)n1)C(C)C. The van der Waals surface area contributed by atoms with E-state index in [0.717, 1.165) is 13.0 Å². The fourth-order valence-electron chi connectivity index (χ4n) is 3.39. The Balaban J connectivity index is 1.74. The van der Waals surface area contributed by atoms with Crippen LogP contribution in [0.15, 0.2) is 12.3 Å². The largest absolute Gasteiger partial charge is 0.314 e. The molecule has 120 valence electrons. The second-order valence-corrected chi connectivity index (χ2v) is 6.92. The van der Waals surface area contributed by atoms with Gasteiger partial charge in [0.15, 0.2) is 0 Å². The molecule has 1 atom stereocenters. The number of nitrogens with one attached hydrogen (secondary N) is 1. The zero-order valence-corrected chi connectivity index (χ0v) is 14.1. The van der Waals surface area contributed by atoms with Crippen LogP contribution in [0.3, 0.4) is 0 Å². The molecule has 0 saturated heterocycles. The molecular formula is C18H33N3. The molecule has 0 spiro atoms. The van der Waals surface area contributed by atoms with E-state index in [4.69, 9.17) is 5.10 Å². The third kappa shape index (κ3) is 5.14. The summed E-state index contributed by atoms with van der Waals surface area (Å²) in [4.78, 5) is 0.